The minimum atomic E-state index is -0.820. The molecule has 0 unspecified atom stereocenters. The number of ether oxygens (including phenoxy) is 2. The molecule has 0 aliphatic rings. The van der Waals surface area contributed by atoms with Gasteiger partial charge in [0.25, 0.3) is 5.56 Å². The molecule has 2 aromatic heterocycles. The molecule has 0 aliphatic carbocycles. The van der Waals surface area contributed by atoms with Crippen LogP contribution in [0.2, 0.25) is 0 Å². The lowest BCUT2D eigenvalue weighted by molar-refractivity contribution is 0.0558. The van der Waals surface area contributed by atoms with Crippen LogP contribution >= 0.6 is 0 Å². The Balaban J connectivity index is 1.99. The number of esters is 2. The van der Waals surface area contributed by atoms with E-state index in [0.717, 1.165) is 16.7 Å². The second-order valence-electron chi connectivity index (χ2n) is 10.0. The van der Waals surface area contributed by atoms with E-state index in [1.807, 2.05) is 122 Å². The van der Waals surface area contributed by atoms with Gasteiger partial charge in [0, 0.05) is 16.8 Å². The van der Waals surface area contributed by atoms with Gasteiger partial charge in [0.05, 0.1) is 31.3 Å². The van der Waals surface area contributed by atoms with Crippen LogP contribution < -0.4 is 5.56 Å². The normalized spacial score (nSPS) is 11.0. The zero-order valence-corrected chi connectivity index (χ0v) is 23.9. The Hall–Kier alpha value is -5.69. The van der Waals surface area contributed by atoms with E-state index in [4.69, 9.17) is 9.47 Å². The van der Waals surface area contributed by atoms with Gasteiger partial charge in [-0.3, -0.25) is 9.36 Å². The van der Waals surface area contributed by atoms with Crippen molar-refractivity contribution in [2.75, 3.05) is 14.2 Å². The molecule has 0 saturated heterocycles. The van der Waals surface area contributed by atoms with Gasteiger partial charge in [0.15, 0.2) is 0 Å². The summed E-state index contributed by atoms with van der Waals surface area (Å²) in [6, 6.07) is 36.0. The van der Waals surface area contributed by atoms with Crippen molar-refractivity contribution >= 4 is 17.5 Å². The quantitative estimate of drug-likeness (QED) is 0.203. The van der Waals surface area contributed by atoms with Gasteiger partial charge in [0.2, 0.25) is 0 Å². The molecule has 6 aromatic rings. The number of benzene rings is 4. The molecule has 4 aromatic carbocycles. The second kappa shape index (κ2) is 11.3. The van der Waals surface area contributed by atoms with Gasteiger partial charge < -0.3 is 13.9 Å². The third-order valence-electron chi connectivity index (χ3n) is 7.46. The van der Waals surface area contributed by atoms with E-state index in [0.29, 0.717) is 28.3 Å². The standard InChI is InChI=1S/C36H28N2O5/c1-23-19-21-26(22-20-23)30-28(35(40)42-2)29(36(41)43-3)33-34(39)37(27-17-11-6-12-18-27)31(24-13-7-4-8-14-24)32(38(30)33)25-15-9-5-10-16-25/h4-22H,1-3H3. The summed E-state index contributed by atoms with van der Waals surface area (Å²) in [5, 5.41) is 0. The molecule has 7 heteroatoms. The number of nitrogens with zero attached hydrogens (tertiary/aromatic N) is 2. The topological polar surface area (TPSA) is 79.0 Å². The van der Waals surface area contributed by atoms with E-state index in [1.165, 1.54) is 14.2 Å². The maximum absolute atomic E-state index is 14.9. The van der Waals surface area contributed by atoms with Crippen molar-refractivity contribution in [3.05, 3.63) is 142 Å². The molecule has 2 heterocycles. The molecule has 0 saturated carbocycles. The molecule has 0 radical (unpaired) electrons. The van der Waals surface area contributed by atoms with Gasteiger partial charge in [-0.05, 0) is 24.6 Å². The van der Waals surface area contributed by atoms with E-state index in [1.54, 1.807) is 8.97 Å². The van der Waals surface area contributed by atoms with Crippen molar-refractivity contribution in [1.82, 2.24) is 8.97 Å². The van der Waals surface area contributed by atoms with Crippen molar-refractivity contribution in [3.8, 4) is 39.5 Å². The molecule has 0 atom stereocenters. The van der Waals surface area contributed by atoms with Gasteiger partial charge in [-0.2, -0.15) is 0 Å². The number of hydrogen-bond acceptors (Lipinski definition) is 5. The first-order chi connectivity index (χ1) is 21.0. The van der Waals surface area contributed by atoms with E-state index < -0.39 is 17.5 Å². The smallest absolute Gasteiger partial charge is 0.341 e. The summed E-state index contributed by atoms with van der Waals surface area (Å²) in [6.45, 7) is 1.96. The number of para-hydroxylation sites is 1. The van der Waals surface area contributed by atoms with Crippen molar-refractivity contribution in [2.24, 2.45) is 0 Å². The second-order valence-corrected chi connectivity index (χ2v) is 10.0. The van der Waals surface area contributed by atoms with Crippen LogP contribution in [0, 0.1) is 6.92 Å². The lowest BCUT2D eigenvalue weighted by atomic mass is 10.0. The number of fused-ring (bicyclic) bond motifs is 1. The van der Waals surface area contributed by atoms with Crippen LogP contribution in [0.4, 0.5) is 0 Å². The first-order valence-corrected chi connectivity index (χ1v) is 13.7. The molecule has 43 heavy (non-hydrogen) atoms. The van der Waals surface area contributed by atoms with Crippen LogP contribution in [0.25, 0.3) is 45.0 Å². The van der Waals surface area contributed by atoms with E-state index in [-0.39, 0.29) is 16.6 Å². The lowest BCUT2D eigenvalue weighted by Crippen LogP contribution is -2.25. The summed E-state index contributed by atoms with van der Waals surface area (Å²) < 4.78 is 13.8. The minimum Gasteiger partial charge on any atom is -0.465 e. The molecular weight excluding hydrogens is 540 g/mol. The van der Waals surface area contributed by atoms with E-state index >= 15 is 0 Å². The number of rotatable bonds is 6. The molecule has 0 spiro atoms. The van der Waals surface area contributed by atoms with Crippen molar-refractivity contribution in [3.63, 3.8) is 0 Å². The Morgan fingerprint density at radius 3 is 1.56 bits per heavy atom. The maximum atomic E-state index is 14.9. The highest BCUT2D eigenvalue weighted by Crippen LogP contribution is 2.40. The van der Waals surface area contributed by atoms with Gasteiger partial charge in [-0.25, -0.2) is 9.59 Å². The Bertz CT molecular complexity index is 2030. The summed E-state index contributed by atoms with van der Waals surface area (Å²) in [7, 11) is 2.48. The molecule has 7 nitrogen and oxygen atoms in total. The van der Waals surface area contributed by atoms with Gasteiger partial charge in [0.1, 0.15) is 16.6 Å². The largest absolute Gasteiger partial charge is 0.465 e. The fourth-order valence-electron chi connectivity index (χ4n) is 5.55. The number of aryl methyl sites for hydroxylation is 1. The highest BCUT2D eigenvalue weighted by Gasteiger charge is 2.35. The summed E-state index contributed by atoms with van der Waals surface area (Å²) in [6.07, 6.45) is 0. The zero-order chi connectivity index (χ0) is 30.1. The fraction of sp³-hybridized carbons (Fsp3) is 0.0833. The average Bonchev–Trinajstić information content (AvgIpc) is 3.42. The van der Waals surface area contributed by atoms with Gasteiger partial charge in [-0.15, -0.1) is 0 Å². The summed E-state index contributed by atoms with van der Waals surface area (Å²) in [4.78, 5) is 42.1. The SMILES string of the molecule is COC(=O)c1c(C(=O)OC)c2c(=O)n(-c3ccccc3)c(-c3ccccc3)c(-c3ccccc3)n2c1-c1ccc(C)cc1. The number of carbonyl (C=O) groups is 2. The van der Waals surface area contributed by atoms with Crippen LogP contribution in [-0.4, -0.2) is 35.1 Å². The zero-order valence-electron chi connectivity index (χ0n) is 23.9. The van der Waals surface area contributed by atoms with Crippen molar-refractivity contribution < 1.29 is 19.1 Å². The predicted molar refractivity (Wildman–Crippen MR) is 167 cm³/mol. The summed E-state index contributed by atoms with van der Waals surface area (Å²) in [5.74, 6) is -1.58. The Morgan fingerprint density at radius 2 is 1.02 bits per heavy atom. The monoisotopic (exact) mass is 568 g/mol. The fourth-order valence-corrected chi connectivity index (χ4v) is 5.55. The number of carbonyl (C=O) groups excluding carboxylic acids is 2. The van der Waals surface area contributed by atoms with E-state index in [9.17, 15) is 14.4 Å². The molecule has 212 valence electrons. The molecule has 0 fully saturated rings. The lowest BCUT2D eigenvalue weighted by Gasteiger charge is -2.22. The van der Waals surface area contributed by atoms with Crippen LogP contribution in [0.15, 0.2) is 120 Å². The van der Waals surface area contributed by atoms with Crippen LogP contribution in [0.5, 0.6) is 0 Å². The highest BCUT2D eigenvalue weighted by atomic mass is 16.5. The number of aromatic nitrogens is 2. The maximum Gasteiger partial charge on any atom is 0.341 e. The molecule has 6 rings (SSSR count). The molecular formula is C36H28N2O5. The third kappa shape index (κ3) is 4.61. The first-order valence-electron chi connectivity index (χ1n) is 13.7. The summed E-state index contributed by atoms with van der Waals surface area (Å²) >= 11 is 0. The van der Waals surface area contributed by atoms with Crippen molar-refractivity contribution in [1.29, 1.82) is 0 Å². The minimum absolute atomic E-state index is 0.00483. The van der Waals surface area contributed by atoms with E-state index in [2.05, 4.69) is 0 Å². The summed E-state index contributed by atoms with van der Waals surface area (Å²) in [5.41, 5.74) is 4.65. The first kappa shape index (κ1) is 27.5. The van der Waals surface area contributed by atoms with Crippen LogP contribution in [0.1, 0.15) is 26.3 Å². The molecule has 0 N–H and O–H groups in total. The van der Waals surface area contributed by atoms with Gasteiger partial charge in [-0.1, -0.05) is 109 Å². The Kier molecular flexibility index (Phi) is 7.22. The third-order valence-corrected chi connectivity index (χ3v) is 7.46. The highest BCUT2D eigenvalue weighted by molar-refractivity contribution is 6.13. The molecule has 0 bridgehead atoms. The van der Waals surface area contributed by atoms with Gasteiger partial charge >= 0.3 is 11.9 Å². The predicted octanol–water partition coefficient (Wildman–Crippen LogP) is 6.97. The number of hydrogen-bond donors (Lipinski definition) is 0. The Morgan fingerprint density at radius 1 is 0.558 bits per heavy atom. The Labute approximate surface area is 248 Å². The molecule has 0 aliphatic heterocycles. The van der Waals surface area contributed by atoms with Crippen LogP contribution in [-0.2, 0) is 9.47 Å². The van der Waals surface area contributed by atoms with Crippen LogP contribution in [0.3, 0.4) is 0 Å². The molecule has 0 amide bonds. The van der Waals surface area contributed by atoms with Crippen molar-refractivity contribution in [2.45, 2.75) is 6.92 Å². The number of methoxy groups -OCH3 is 2. The average molecular weight is 569 g/mol.